The number of aromatic nitrogens is 2. The number of ether oxygens (including phenoxy) is 1. The molecule has 0 aliphatic heterocycles. The number of hydrogen-bond donors (Lipinski definition) is 1. The third-order valence-electron chi connectivity index (χ3n) is 4.38. The Morgan fingerprint density at radius 1 is 1.11 bits per heavy atom. The number of rotatable bonds is 8. The molecular weight excluding hydrogens is 374 g/mol. The Morgan fingerprint density at radius 3 is 2.61 bits per heavy atom. The zero-order valence-electron chi connectivity index (χ0n) is 16.2. The average Bonchev–Trinajstić information content (AvgIpc) is 3.18. The summed E-state index contributed by atoms with van der Waals surface area (Å²) in [5, 5.41) is 11.4. The highest BCUT2D eigenvalue weighted by molar-refractivity contribution is 7.99. The van der Waals surface area contributed by atoms with Crippen LogP contribution in [0.4, 0.5) is 0 Å². The van der Waals surface area contributed by atoms with Crippen molar-refractivity contribution in [2.75, 3.05) is 19.4 Å². The lowest BCUT2D eigenvalue weighted by Crippen LogP contribution is -2.27. The van der Waals surface area contributed by atoms with Crippen LogP contribution in [-0.2, 0) is 11.2 Å². The highest BCUT2D eigenvalue weighted by Crippen LogP contribution is 2.24. The van der Waals surface area contributed by atoms with Crippen LogP contribution >= 0.6 is 11.8 Å². The Balaban J connectivity index is 1.44. The molecule has 1 N–H and O–H groups in total. The van der Waals surface area contributed by atoms with Crippen LogP contribution in [0.3, 0.4) is 0 Å². The van der Waals surface area contributed by atoms with E-state index < -0.39 is 0 Å². The molecule has 28 heavy (non-hydrogen) atoms. The van der Waals surface area contributed by atoms with E-state index in [1.54, 1.807) is 7.11 Å². The first-order chi connectivity index (χ1) is 13.5. The fourth-order valence-electron chi connectivity index (χ4n) is 2.58. The van der Waals surface area contributed by atoms with Gasteiger partial charge in [-0.2, -0.15) is 0 Å². The number of methoxy groups -OCH3 is 1. The summed E-state index contributed by atoms with van der Waals surface area (Å²) in [6, 6.07) is 13.8. The molecule has 146 valence electrons. The lowest BCUT2D eigenvalue weighted by molar-refractivity contribution is -0.118. The molecular formula is C21H23N3O3S. The highest BCUT2D eigenvalue weighted by atomic mass is 32.2. The minimum Gasteiger partial charge on any atom is -0.497 e. The molecule has 0 fully saturated rings. The molecule has 1 aromatic heterocycles. The van der Waals surface area contributed by atoms with Gasteiger partial charge < -0.3 is 14.5 Å². The van der Waals surface area contributed by atoms with Gasteiger partial charge in [-0.3, -0.25) is 4.79 Å². The van der Waals surface area contributed by atoms with E-state index in [2.05, 4.69) is 22.4 Å². The smallest absolute Gasteiger partial charge is 0.277 e. The monoisotopic (exact) mass is 397 g/mol. The highest BCUT2D eigenvalue weighted by Gasteiger charge is 2.11. The maximum Gasteiger partial charge on any atom is 0.277 e. The zero-order valence-corrected chi connectivity index (χ0v) is 17.0. The molecule has 0 radical (unpaired) electrons. The number of nitrogens with zero attached hydrogens (tertiary/aromatic N) is 2. The average molecular weight is 398 g/mol. The normalized spacial score (nSPS) is 10.7. The van der Waals surface area contributed by atoms with Gasteiger partial charge in [0, 0.05) is 12.1 Å². The molecule has 0 unspecified atom stereocenters. The van der Waals surface area contributed by atoms with E-state index in [9.17, 15) is 4.79 Å². The number of benzene rings is 2. The Bertz CT molecular complexity index is 938. The summed E-state index contributed by atoms with van der Waals surface area (Å²) in [5.41, 5.74) is 4.40. The first-order valence-electron chi connectivity index (χ1n) is 8.98. The Morgan fingerprint density at radius 2 is 1.89 bits per heavy atom. The molecule has 2 aromatic carbocycles. The van der Waals surface area contributed by atoms with Crippen molar-refractivity contribution in [1.82, 2.24) is 15.5 Å². The van der Waals surface area contributed by atoms with Crippen molar-refractivity contribution in [2.45, 2.75) is 25.5 Å². The van der Waals surface area contributed by atoms with E-state index in [0.717, 1.165) is 23.3 Å². The number of carbonyl (C=O) groups is 1. The predicted octanol–water partition coefficient (Wildman–Crippen LogP) is 3.81. The maximum atomic E-state index is 12.0. The van der Waals surface area contributed by atoms with E-state index in [0.29, 0.717) is 17.7 Å². The van der Waals surface area contributed by atoms with Gasteiger partial charge in [0.05, 0.1) is 12.9 Å². The number of amides is 1. The number of nitrogens with one attached hydrogen (secondary N) is 1. The summed E-state index contributed by atoms with van der Waals surface area (Å²) < 4.78 is 10.8. The van der Waals surface area contributed by atoms with Crippen LogP contribution in [0.2, 0.25) is 0 Å². The molecule has 0 atom stereocenters. The number of carbonyl (C=O) groups excluding carboxylic acids is 1. The predicted molar refractivity (Wildman–Crippen MR) is 110 cm³/mol. The summed E-state index contributed by atoms with van der Waals surface area (Å²) in [6.07, 6.45) is 0.762. The van der Waals surface area contributed by atoms with Gasteiger partial charge in [-0.1, -0.05) is 30.0 Å². The fraction of sp³-hybridized carbons (Fsp3) is 0.286. The van der Waals surface area contributed by atoms with Gasteiger partial charge in [0.2, 0.25) is 11.8 Å². The van der Waals surface area contributed by atoms with Gasteiger partial charge in [0.25, 0.3) is 5.22 Å². The lowest BCUT2D eigenvalue weighted by atomic mass is 10.1. The second-order valence-electron chi connectivity index (χ2n) is 6.41. The van der Waals surface area contributed by atoms with E-state index in [1.807, 2.05) is 49.4 Å². The fourth-order valence-corrected chi connectivity index (χ4v) is 3.17. The van der Waals surface area contributed by atoms with Crippen LogP contribution in [0, 0.1) is 13.8 Å². The summed E-state index contributed by atoms with van der Waals surface area (Å²) in [4.78, 5) is 12.0. The van der Waals surface area contributed by atoms with Gasteiger partial charge in [-0.05, 0) is 61.2 Å². The third-order valence-corrected chi connectivity index (χ3v) is 5.20. The summed E-state index contributed by atoms with van der Waals surface area (Å²) in [6.45, 7) is 4.67. The molecule has 7 heteroatoms. The molecule has 0 aliphatic rings. The second kappa shape index (κ2) is 9.41. The summed E-state index contributed by atoms with van der Waals surface area (Å²) >= 11 is 1.23. The van der Waals surface area contributed by atoms with Gasteiger partial charge in [0.15, 0.2) is 0 Å². The van der Waals surface area contributed by atoms with Gasteiger partial charge in [-0.15, -0.1) is 10.2 Å². The lowest BCUT2D eigenvalue weighted by Gasteiger charge is -2.05. The molecule has 6 nitrogen and oxygen atoms in total. The van der Waals surface area contributed by atoms with Crippen molar-refractivity contribution in [1.29, 1.82) is 0 Å². The van der Waals surface area contributed by atoms with Crippen LogP contribution in [-0.4, -0.2) is 35.5 Å². The Labute approximate surface area is 168 Å². The van der Waals surface area contributed by atoms with E-state index >= 15 is 0 Å². The van der Waals surface area contributed by atoms with Gasteiger partial charge in [0.1, 0.15) is 5.75 Å². The van der Waals surface area contributed by atoms with Crippen molar-refractivity contribution in [3.05, 3.63) is 59.2 Å². The topological polar surface area (TPSA) is 77.2 Å². The van der Waals surface area contributed by atoms with Crippen molar-refractivity contribution in [3.63, 3.8) is 0 Å². The van der Waals surface area contributed by atoms with Crippen LogP contribution in [0.15, 0.2) is 52.1 Å². The van der Waals surface area contributed by atoms with Gasteiger partial charge in [-0.25, -0.2) is 0 Å². The van der Waals surface area contributed by atoms with Crippen molar-refractivity contribution in [3.8, 4) is 17.2 Å². The Hall–Kier alpha value is -2.80. The maximum absolute atomic E-state index is 12.0. The van der Waals surface area contributed by atoms with Crippen LogP contribution < -0.4 is 10.1 Å². The minimum absolute atomic E-state index is 0.0653. The number of thioether (sulfide) groups is 1. The molecule has 0 aliphatic carbocycles. The summed E-state index contributed by atoms with van der Waals surface area (Å²) in [7, 11) is 1.64. The molecule has 3 rings (SSSR count). The molecule has 3 aromatic rings. The number of aryl methyl sites for hydroxylation is 2. The number of hydrogen-bond acceptors (Lipinski definition) is 6. The molecule has 0 bridgehead atoms. The second-order valence-corrected chi connectivity index (χ2v) is 7.34. The Kier molecular flexibility index (Phi) is 6.71. The van der Waals surface area contributed by atoms with E-state index in [4.69, 9.17) is 9.15 Å². The van der Waals surface area contributed by atoms with Crippen molar-refractivity contribution < 1.29 is 13.9 Å². The van der Waals surface area contributed by atoms with E-state index in [1.165, 1.54) is 22.9 Å². The summed E-state index contributed by atoms with van der Waals surface area (Å²) in [5.74, 6) is 1.45. The van der Waals surface area contributed by atoms with Crippen LogP contribution in [0.25, 0.3) is 11.5 Å². The zero-order chi connectivity index (χ0) is 19.9. The molecule has 1 heterocycles. The largest absolute Gasteiger partial charge is 0.497 e. The van der Waals surface area contributed by atoms with Crippen molar-refractivity contribution >= 4 is 17.7 Å². The SMILES string of the molecule is COc1ccc(CCNC(=O)CSc2nnc(-c3ccc(C)c(C)c3)o2)cc1. The molecule has 0 saturated carbocycles. The quantitative estimate of drug-likeness (QED) is 0.583. The molecule has 0 spiro atoms. The minimum atomic E-state index is -0.0653. The van der Waals surface area contributed by atoms with E-state index in [-0.39, 0.29) is 11.7 Å². The molecule has 1 amide bonds. The first kappa shape index (κ1) is 19.9. The van der Waals surface area contributed by atoms with Crippen LogP contribution in [0.5, 0.6) is 5.75 Å². The standard InChI is InChI=1S/C21H23N3O3S/c1-14-4-7-17(12-15(14)2)20-23-24-21(27-20)28-13-19(25)22-11-10-16-5-8-18(26-3)9-6-16/h4-9,12H,10-11,13H2,1-3H3,(H,22,25). The first-order valence-corrected chi connectivity index (χ1v) is 9.97. The molecule has 0 saturated heterocycles. The van der Waals surface area contributed by atoms with Crippen molar-refractivity contribution in [2.24, 2.45) is 0 Å². The van der Waals surface area contributed by atoms with Crippen LogP contribution in [0.1, 0.15) is 16.7 Å². The third kappa shape index (κ3) is 5.36. The van der Waals surface area contributed by atoms with Gasteiger partial charge >= 0.3 is 0 Å².